The Labute approximate surface area is 197 Å². The lowest BCUT2D eigenvalue weighted by Gasteiger charge is -2.36. The van der Waals surface area contributed by atoms with E-state index in [9.17, 15) is 4.79 Å². The smallest absolute Gasteiger partial charge is 0.254 e. The summed E-state index contributed by atoms with van der Waals surface area (Å²) in [5, 5.41) is 9.60. The van der Waals surface area contributed by atoms with E-state index in [0.717, 1.165) is 45.2 Å². The summed E-state index contributed by atoms with van der Waals surface area (Å²) in [6, 6.07) is 16.1. The maximum absolute atomic E-state index is 13.1. The number of carbonyl (C=O) groups excluding carboxylic acids is 1. The second-order valence-corrected chi connectivity index (χ2v) is 9.14. The number of aliphatic hydroxyl groups excluding tert-OH is 1. The van der Waals surface area contributed by atoms with Crippen LogP contribution in [-0.2, 0) is 6.54 Å². The van der Waals surface area contributed by atoms with E-state index in [1.54, 1.807) is 24.3 Å². The van der Waals surface area contributed by atoms with E-state index in [-0.39, 0.29) is 18.6 Å². The van der Waals surface area contributed by atoms with Crippen molar-refractivity contribution >= 4 is 17.5 Å². The van der Waals surface area contributed by atoms with E-state index >= 15 is 0 Å². The topological polar surface area (TPSA) is 43.8 Å². The van der Waals surface area contributed by atoms with Gasteiger partial charge in [-0.05, 0) is 80.5 Å². The average Bonchev–Trinajstić information content (AvgIpc) is 2.82. The van der Waals surface area contributed by atoms with Crippen molar-refractivity contribution in [3.05, 3.63) is 70.2 Å². The zero-order valence-electron chi connectivity index (χ0n) is 18.8. The fourth-order valence-corrected chi connectivity index (χ4v) is 4.70. The van der Waals surface area contributed by atoms with Crippen molar-refractivity contribution in [1.29, 1.82) is 0 Å². The van der Waals surface area contributed by atoms with Gasteiger partial charge in [-0.15, -0.1) is 6.42 Å². The molecule has 0 aromatic heterocycles. The van der Waals surface area contributed by atoms with E-state index in [4.69, 9.17) is 23.1 Å². The van der Waals surface area contributed by atoms with Gasteiger partial charge in [0, 0.05) is 36.3 Å². The minimum Gasteiger partial charge on any atom is -0.396 e. The van der Waals surface area contributed by atoms with Crippen molar-refractivity contribution in [3.63, 3.8) is 0 Å². The van der Waals surface area contributed by atoms with Crippen molar-refractivity contribution in [2.75, 3.05) is 26.7 Å². The van der Waals surface area contributed by atoms with Gasteiger partial charge in [0.05, 0.1) is 6.54 Å². The van der Waals surface area contributed by atoms with Gasteiger partial charge in [-0.1, -0.05) is 41.8 Å². The van der Waals surface area contributed by atoms with Gasteiger partial charge in [-0.3, -0.25) is 4.79 Å². The number of hydrogen-bond acceptors (Lipinski definition) is 3. The third-order valence-corrected chi connectivity index (χ3v) is 6.60. The van der Waals surface area contributed by atoms with Crippen LogP contribution < -0.4 is 0 Å². The van der Waals surface area contributed by atoms with Crippen LogP contribution in [0.4, 0.5) is 0 Å². The van der Waals surface area contributed by atoms with E-state index < -0.39 is 0 Å². The predicted molar refractivity (Wildman–Crippen MR) is 131 cm³/mol. The molecule has 2 aromatic rings. The van der Waals surface area contributed by atoms with E-state index in [0.29, 0.717) is 23.0 Å². The van der Waals surface area contributed by atoms with E-state index in [1.165, 1.54) is 11.1 Å². The molecule has 4 nitrogen and oxygen atoms in total. The molecule has 1 fully saturated rings. The van der Waals surface area contributed by atoms with Crippen LogP contribution >= 0.6 is 11.6 Å². The average molecular weight is 453 g/mol. The number of benzene rings is 2. The second kappa shape index (κ2) is 12.1. The molecule has 0 bridgehead atoms. The second-order valence-electron chi connectivity index (χ2n) is 8.71. The van der Waals surface area contributed by atoms with Crippen molar-refractivity contribution < 1.29 is 9.90 Å². The number of halogens is 1. The number of nitrogens with zero attached hydrogens (tertiary/aromatic N) is 2. The molecule has 1 amide bonds. The summed E-state index contributed by atoms with van der Waals surface area (Å²) in [5.74, 6) is 3.17. The highest BCUT2D eigenvalue weighted by Gasteiger charge is 2.29. The summed E-state index contributed by atoms with van der Waals surface area (Å²) in [6.07, 6.45) is 10.4. The summed E-state index contributed by atoms with van der Waals surface area (Å²) in [5.41, 5.74) is 3.29. The summed E-state index contributed by atoms with van der Waals surface area (Å²) in [6.45, 7) is 2.34. The van der Waals surface area contributed by atoms with Crippen LogP contribution in [0.1, 0.15) is 59.5 Å². The molecule has 3 rings (SSSR count). The van der Waals surface area contributed by atoms with Crippen LogP contribution in [0.15, 0.2) is 48.5 Å². The Morgan fingerprint density at radius 2 is 1.75 bits per heavy atom. The first-order valence-corrected chi connectivity index (χ1v) is 11.8. The summed E-state index contributed by atoms with van der Waals surface area (Å²) in [4.78, 5) is 17.1. The Kier molecular flexibility index (Phi) is 9.17. The summed E-state index contributed by atoms with van der Waals surface area (Å²) in [7, 11) is 2.08. The molecular weight excluding hydrogens is 420 g/mol. The molecule has 0 radical (unpaired) electrons. The molecule has 170 valence electrons. The molecule has 1 N–H and O–H groups in total. The Balaban J connectivity index is 1.57. The molecule has 5 heteroatoms. The Morgan fingerprint density at radius 1 is 1.09 bits per heavy atom. The zero-order valence-corrected chi connectivity index (χ0v) is 19.6. The molecule has 1 aliphatic carbocycles. The standard InChI is InChI=1S/C27H33ClN2O2/c1-3-17-30(27(32)24-9-13-25(28)14-10-24)26-15-11-23(12-16-26)22-7-5-21(6-8-22)20-29(2)18-4-19-31/h1,5-10,13-14,23,26,31H,4,11-12,15-20H2,2H3. The molecule has 1 saturated carbocycles. The van der Waals surface area contributed by atoms with Gasteiger partial charge in [-0.2, -0.15) is 0 Å². The molecule has 0 saturated heterocycles. The predicted octanol–water partition coefficient (Wildman–Crippen LogP) is 4.96. The Morgan fingerprint density at radius 3 is 2.34 bits per heavy atom. The maximum atomic E-state index is 13.1. The number of hydrogen-bond donors (Lipinski definition) is 1. The van der Waals surface area contributed by atoms with Crippen LogP contribution in [0.5, 0.6) is 0 Å². The molecule has 0 aliphatic heterocycles. The molecule has 0 unspecified atom stereocenters. The Hall–Kier alpha value is -2.32. The number of terminal acetylenes is 1. The van der Waals surface area contributed by atoms with Crippen molar-refractivity contribution in [1.82, 2.24) is 9.80 Å². The molecular formula is C27H33ClN2O2. The SMILES string of the molecule is C#CCN(C(=O)c1ccc(Cl)cc1)C1CCC(c2ccc(CN(C)CCCO)cc2)CC1. The van der Waals surface area contributed by atoms with E-state index in [2.05, 4.69) is 42.1 Å². The molecule has 0 atom stereocenters. The van der Waals surface area contributed by atoms with Gasteiger partial charge in [0.1, 0.15) is 0 Å². The molecule has 0 heterocycles. The number of rotatable bonds is 9. The highest BCUT2D eigenvalue weighted by atomic mass is 35.5. The summed E-state index contributed by atoms with van der Waals surface area (Å²) < 4.78 is 0. The van der Waals surface area contributed by atoms with Crippen LogP contribution in [0.3, 0.4) is 0 Å². The summed E-state index contributed by atoms with van der Waals surface area (Å²) >= 11 is 5.97. The first kappa shape index (κ1) is 24.3. The van der Waals surface area contributed by atoms with Gasteiger partial charge < -0.3 is 14.9 Å². The third kappa shape index (κ3) is 6.59. The minimum absolute atomic E-state index is 0.0160. The first-order chi connectivity index (χ1) is 15.5. The maximum Gasteiger partial charge on any atom is 0.254 e. The quantitative estimate of drug-likeness (QED) is 0.547. The lowest BCUT2D eigenvalue weighted by atomic mass is 9.81. The van der Waals surface area contributed by atoms with Gasteiger partial charge in [0.2, 0.25) is 0 Å². The Bertz CT molecular complexity index is 897. The number of carbonyl (C=O) groups is 1. The van der Waals surface area contributed by atoms with E-state index in [1.807, 2.05) is 4.90 Å². The van der Waals surface area contributed by atoms with Gasteiger partial charge >= 0.3 is 0 Å². The lowest BCUT2D eigenvalue weighted by Crippen LogP contribution is -2.42. The van der Waals surface area contributed by atoms with Crippen molar-refractivity contribution in [3.8, 4) is 12.3 Å². The molecule has 32 heavy (non-hydrogen) atoms. The highest BCUT2D eigenvalue weighted by Crippen LogP contribution is 2.35. The van der Waals surface area contributed by atoms with Crippen LogP contribution in [0, 0.1) is 12.3 Å². The first-order valence-electron chi connectivity index (χ1n) is 11.4. The van der Waals surface area contributed by atoms with Gasteiger partial charge in [0.15, 0.2) is 0 Å². The molecule has 1 aliphatic rings. The van der Waals surface area contributed by atoms with Gasteiger partial charge in [-0.25, -0.2) is 0 Å². The third-order valence-electron chi connectivity index (χ3n) is 6.35. The minimum atomic E-state index is -0.0160. The number of aliphatic hydroxyl groups is 1. The van der Waals surface area contributed by atoms with Crippen LogP contribution in [0.2, 0.25) is 5.02 Å². The molecule has 2 aromatic carbocycles. The van der Waals surface area contributed by atoms with Gasteiger partial charge in [0.25, 0.3) is 5.91 Å². The fraction of sp³-hybridized carbons (Fsp3) is 0.444. The van der Waals surface area contributed by atoms with Crippen molar-refractivity contribution in [2.24, 2.45) is 0 Å². The van der Waals surface area contributed by atoms with Crippen LogP contribution in [-0.4, -0.2) is 53.6 Å². The number of amides is 1. The lowest BCUT2D eigenvalue weighted by molar-refractivity contribution is 0.0660. The monoisotopic (exact) mass is 452 g/mol. The largest absolute Gasteiger partial charge is 0.396 e. The van der Waals surface area contributed by atoms with Crippen LogP contribution in [0.25, 0.3) is 0 Å². The highest BCUT2D eigenvalue weighted by molar-refractivity contribution is 6.30. The fourth-order valence-electron chi connectivity index (χ4n) is 4.57. The zero-order chi connectivity index (χ0) is 22.9. The molecule has 0 spiro atoms. The van der Waals surface area contributed by atoms with Crippen molar-refractivity contribution in [2.45, 2.75) is 50.6 Å². The normalized spacial score (nSPS) is 18.3.